The average Bonchev–Trinajstić information content (AvgIpc) is 2.46. The van der Waals surface area contributed by atoms with Gasteiger partial charge in [0.25, 0.3) is 0 Å². The molecule has 0 aliphatic carbocycles. The molecule has 0 saturated carbocycles. The molecule has 2 rings (SSSR count). The quantitative estimate of drug-likeness (QED) is 0.830. The van der Waals surface area contributed by atoms with E-state index in [1.54, 1.807) is 31.5 Å². The minimum Gasteiger partial charge on any atom is -0.495 e. The third-order valence-corrected chi connectivity index (χ3v) is 2.66. The monoisotopic (exact) mass is 242 g/mol. The number of ketones is 1. The smallest absolute Gasteiger partial charge is 0.194 e. The van der Waals surface area contributed by atoms with Crippen molar-refractivity contribution in [2.75, 3.05) is 7.11 Å². The van der Waals surface area contributed by atoms with E-state index in [0.717, 1.165) is 5.56 Å². The Hall–Kier alpha value is -2.20. The second kappa shape index (κ2) is 5.42. The molecule has 4 nitrogen and oxygen atoms in total. The summed E-state index contributed by atoms with van der Waals surface area (Å²) in [4.78, 5) is 16.2. The first kappa shape index (κ1) is 12.3. The molecule has 0 bridgehead atoms. The Balaban J connectivity index is 2.29. The number of nitrogens with two attached hydrogens (primary N) is 1. The molecular weight excluding hydrogens is 228 g/mol. The minimum atomic E-state index is -0.0787. The van der Waals surface area contributed by atoms with Crippen LogP contribution in [0.2, 0.25) is 0 Å². The number of hydrogen-bond acceptors (Lipinski definition) is 4. The van der Waals surface area contributed by atoms with Gasteiger partial charge in [-0.05, 0) is 11.6 Å². The highest BCUT2D eigenvalue weighted by molar-refractivity contribution is 6.08. The number of rotatable bonds is 4. The first-order valence-electron chi connectivity index (χ1n) is 5.57. The molecule has 2 aromatic rings. The van der Waals surface area contributed by atoms with Gasteiger partial charge in [-0.15, -0.1) is 0 Å². The van der Waals surface area contributed by atoms with E-state index in [9.17, 15) is 4.79 Å². The van der Waals surface area contributed by atoms with Crippen LogP contribution in [0.15, 0.2) is 42.7 Å². The summed E-state index contributed by atoms with van der Waals surface area (Å²) >= 11 is 0. The Morgan fingerprint density at radius 3 is 2.56 bits per heavy atom. The molecule has 0 unspecified atom stereocenters. The van der Waals surface area contributed by atoms with Gasteiger partial charge in [0.05, 0.1) is 13.3 Å². The molecule has 0 aliphatic heterocycles. The molecule has 0 spiro atoms. The number of benzene rings is 1. The van der Waals surface area contributed by atoms with Crippen LogP contribution in [0.3, 0.4) is 0 Å². The largest absolute Gasteiger partial charge is 0.495 e. The van der Waals surface area contributed by atoms with E-state index >= 15 is 0 Å². The number of aromatic nitrogens is 1. The molecule has 1 heterocycles. The van der Waals surface area contributed by atoms with Crippen molar-refractivity contribution in [3.05, 3.63) is 59.4 Å². The Morgan fingerprint density at radius 1 is 1.22 bits per heavy atom. The third kappa shape index (κ3) is 2.55. The molecule has 92 valence electrons. The van der Waals surface area contributed by atoms with E-state index in [1.165, 1.54) is 6.20 Å². The first-order chi connectivity index (χ1) is 8.74. The van der Waals surface area contributed by atoms with Crippen molar-refractivity contribution in [1.29, 1.82) is 0 Å². The van der Waals surface area contributed by atoms with Crippen LogP contribution in [0.5, 0.6) is 5.75 Å². The maximum atomic E-state index is 12.2. The topological polar surface area (TPSA) is 65.2 Å². The zero-order chi connectivity index (χ0) is 13.0. The number of ether oxygens (including phenoxy) is 1. The molecule has 1 aromatic carbocycles. The van der Waals surface area contributed by atoms with Crippen LogP contribution in [0.4, 0.5) is 0 Å². The minimum absolute atomic E-state index is 0.0787. The standard InChI is InChI=1S/C14H14N2O2/c1-18-13-6-12(8-16-9-13)14(17)11-4-2-10(7-15)3-5-11/h2-6,8-9H,7,15H2,1H3. The van der Waals surface area contributed by atoms with E-state index in [-0.39, 0.29) is 5.78 Å². The van der Waals surface area contributed by atoms with Crippen LogP contribution < -0.4 is 10.5 Å². The van der Waals surface area contributed by atoms with Gasteiger partial charge >= 0.3 is 0 Å². The van der Waals surface area contributed by atoms with Crippen molar-refractivity contribution >= 4 is 5.78 Å². The van der Waals surface area contributed by atoms with Gasteiger partial charge in [-0.3, -0.25) is 9.78 Å². The van der Waals surface area contributed by atoms with Crippen LogP contribution in [0.1, 0.15) is 21.5 Å². The highest BCUT2D eigenvalue weighted by Crippen LogP contribution is 2.15. The number of hydrogen-bond donors (Lipinski definition) is 1. The van der Waals surface area contributed by atoms with Crippen LogP contribution in [-0.4, -0.2) is 17.9 Å². The molecule has 0 fully saturated rings. The Kier molecular flexibility index (Phi) is 3.69. The van der Waals surface area contributed by atoms with Crippen LogP contribution in [0.25, 0.3) is 0 Å². The average molecular weight is 242 g/mol. The van der Waals surface area contributed by atoms with Crippen molar-refractivity contribution in [3.63, 3.8) is 0 Å². The van der Waals surface area contributed by atoms with E-state index in [0.29, 0.717) is 23.4 Å². The highest BCUT2D eigenvalue weighted by Gasteiger charge is 2.10. The summed E-state index contributed by atoms with van der Waals surface area (Å²) in [5, 5.41) is 0. The molecule has 0 saturated heterocycles. The van der Waals surface area contributed by atoms with Gasteiger partial charge in [-0.2, -0.15) is 0 Å². The molecule has 2 N–H and O–H groups in total. The lowest BCUT2D eigenvalue weighted by Crippen LogP contribution is -2.03. The van der Waals surface area contributed by atoms with E-state index in [1.807, 2.05) is 12.1 Å². The van der Waals surface area contributed by atoms with Crippen molar-refractivity contribution in [3.8, 4) is 5.75 Å². The fourth-order valence-electron chi connectivity index (χ4n) is 1.61. The van der Waals surface area contributed by atoms with E-state index < -0.39 is 0 Å². The second-order valence-electron chi connectivity index (χ2n) is 3.84. The lowest BCUT2D eigenvalue weighted by molar-refractivity contribution is 0.103. The molecular formula is C14H14N2O2. The van der Waals surface area contributed by atoms with Crippen molar-refractivity contribution in [2.24, 2.45) is 5.73 Å². The first-order valence-corrected chi connectivity index (χ1v) is 5.57. The Labute approximate surface area is 105 Å². The van der Waals surface area contributed by atoms with Crippen molar-refractivity contribution in [2.45, 2.75) is 6.54 Å². The van der Waals surface area contributed by atoms with Gasteiger partial charge in [0.15, 0.2) is 5.78 Å². The number of pyridine rings is 1. The van der Waals surface area contributed by atoms with E-state index in [2.05, 4.69) is 4.98 Å². The van der Waals surface area contributed by atoms with Crippen molar-refractivity contribution < 1.29 is 9.53 Å². The number of carbonyl (C=O) groups excluding carboxylic acids is 1. The molecule has 0 amide bonds. The van der Waals surface area contributed by atoms with Gasteiger partial charge in [-0.1, -0.05) is 24.3 Å². The van der Waals surface area contributed by atoms with Gasteiger partial charge in [-0.25, -0.2) is 0 Å². The summed E-state index contributed by atoms with van der Waals surface area (Å²) in [6.07, 6.45) is 3.09. The van der Waals surface area contributed by atoms with Crippen LogP contribution in [-0.2, 0) is 6.54 Å². The lowest BCUT2D eigenvalue weighted by atomic mass is 10.0. The summed E-state index contributed by atoms with van der Waals surface area (Å²) in [5.74, 6) is 0.490. The SMILES string of the molecule is COc1cncc(C(=O)c2ccc(CN)cc2)c1. The predicted octanol–water partition coefficient (Wildman–Crippen LogP) is 1.78. The summed E-state index contributed by atoms with van der Waals surface area (Å²) in [7, 11) is 1.54. The maximum Gasteiger partial charge on any atom is 0.194 e. The zero-order valence-corrected chi connectivity index (χ0v) is 10.1. The summed E-state index contributed by atoms with van der Waals surface area (Å²) < 4.78 is 5.05. The van der Waals surface area contributed by atoms with Crippen LogP contribution in [0, 0.1) is 0 Å². The number of carbonyl (C=O) groups is 1. The summed E-state index contributed by atoms with van der Waals surface area (Å²) in [5.41, 5.74) is 7.63. The van der Waals surface area contributed by atoms with Gasteiger partial charge < -0.3 is 10.5 Å². The predicted molar refractivity (Wildman–Crippen MR) is 68.6 cm³/mol. The van der Waals surface area contributed by atoms with Gasteiger partial charge in [0.2, 0.25) is 0 Å². The second-order valence-corrected chi connectivity index (χ2v) is 3.84. The Morgan fingerprint density at radius 2 is 1.94 bits per heavy atom. The van der Waals surface area contributed by atoms with Gasteiger partial charge in [0, 0.05) is 23.9 Å². The fraction of sp³-hybridized carbons (Fsp3) is 0.143. The molecule has 0 aliphatic rings. The lowest BCUT2D eigenvalue weighted by Gasteiger charge is -2.04. The number of nitrogens with zero attached hydrogens (tertiary/aromatic N) is 1. The fourth-order valence-corrected chi connectivity index (χ4v) is 1.61. The molecule has 0 atom stereocenters. The number of methoxy groups -OCH3 is 1. The third-order valence-electron chi connectivity index (χ3n) is 2.66. The summed E-state index contributed by atoms with van der Waals surface area (Å²) in [6, 6.07) is 8.90. The zero-order valence-electron chi connectivity index (χ0n) is 10.1. The maximum absolute atomic E-state index is 12.2. The highest BCUT2D eigenvalue weighted by atomic mass is 16.5. The molecule has 18 heavy (non-hydrogen) atoms. The van der Waals surface area contributed by atoms with E-state index in [4.69, 9.17) is 10.5 Å². The molecule has 1 aromatic heterocycles. The Bertz CT molecular complexity index is 550. The normalized spacial score (nSPS) is 10.1. The van der Waals surface area contributed by atoms with Crippen LogP contribution >= 0.6 is 0 Å². The van der Waals surface area contributed by atoms with Crippen molar-refractivity contribution in [1.82, 2.24) is 4.98 Å². The van der Waals surface area contributed by atoms with Gasteiger partial charge in [0.1, 0.15) is 5.75 Å². The molecule has 0 radical (unpaired) electrons. The summed E-state index contributed by atoms with van der Waals surface area (Å²) in [6.45, 7) is 0.467. The molecule has 4 heteroatoms.